The van der Waals surface area contributed by atoms with Gasteiger partial charge in [0.1, 0.15) is 11.6 Å². The van der Waals surface area contributed by atoms with Crippen molar-refractivity contribution in [3.63, 3.8) is 0 Å². The van der Waals surface area contributed by atoms with Crippen LogP contribution in [0.2, 0.25) is 0 Å². The molecule has 1 heterocycles. The van der Waals surface area contributed by atoms with E-state index in [4.69, 9.17) is 0 Å². The molecule has 0 aliphatic carbocycles. The normalized spacial score (nSPS) is 10.7. The summed E-state index contributed by atoms with van der Waals surface area (Å²) in [6.07, 6.45) is 1.88. The van der Waals surface area contributed by atoms with Gasteiger partial charge in [-0.25, -0.2) is 14.4 Å². The van der Waals surface area contributed by atoms with Crippen LogP contribution in [0.1, 0.15) is 26.0 Å². The quantitative estimate of drug-likeness (QED) is 0.631. The number of halogens is 3. The molecule has 2 rings (SSSR count). The lowest BCUT2D eigenvalue weighted by molar-refractivity contribution is 0.628. The van der Waals surface area contributed by atoms with E-state index in [2.05, 4.69) is 60.7 Å². The van der Waals surface area contributed by atoms with Gasteiger partial charge in [0.05, 0.1) is 9.26 Å². The van der Waals surface area contributed by atoms with Crippen molar-refractivity contribution in [3.05, 3.63) is 37.8 Å². The summed E-state index contributed by atoms with van der Waals surface area (Å²) in [7, 11) is 0. The molecule has 0 aliphatic heterocycles. The summed E-state index contributed by atoms with van der Waals surface area (Å²) in [6, 6.07) is 4.55. The molecule has 112 valence electrons. The Labute approximate surface area is 146 Å². The second-order valence-corrected chi connectivity index (χ2v) is 6.49. The molecule has 1 aromatic heterocycles. The maximum Gasteiger partial charge on any atom is 0.163 e. The van der Waals surface area contributed by atoms with Crippen LogP contribution in [0.25, 0.3) is 11.4 Å². The largest absolute Gasteiger partial charge is 0.369 e. The molecule has 0 bridgehead atoms. The molecule has 0 radical (unpaired) electrons. The minimum atomic E-state index is -0.294. The lowest BCUT2D eigenvalue weighted by atomic mass is 10.2. The van der Waals surface area contributed by atoms with E-state index in [1.807, 2.05) is 6.92 Å². The Bertz CT molecular complexity index is 622. The number of hydrogen-bond acceptors (Lipinski definition) is 3. The van der Waals surface area contributed by atoms with Crippen LogP contribution in [0.4, 0.5) is 10.2 Å². The number of hydrogen-bond donors (Lipinski definition) is 1. The Morgan fingerprint density at radius 2 is 2.05 bits per heavy atom. The van der Waals surface area contributed by atoms with Crippen molar-refractivity contribution in [2.75, 3.05) is 11.9 Å². The minimum Gasteiger partial charge on any atom is -0.369 e. The Morgan fingerprint density at radius 1 is 1.29 bits per heavy atom. The number of aromatic nitrogens is 2. The highest BCUT2D eigenvalue weighted by molar-refractivity contribution is 14.1. The lowest BCUT2D eigenvalue weighted by Crippen LogP contribution is -2.08. The van der Waals surface area contributed by atoms with Crippen molar-refractivity contribution in [1.82, 2.24) is 9.97 Å². The fourth-order valence-corrected chi connectivity index (χ4v) is 3.10. The lowest BCUT2D eigenvalue weighted by Gasteiger charge is -2.12. The molecule has 0 fully saturated rings. The molecule has 0 saturated carbocycles. The van der Waals surface area contributed by atoms with Gasteiger partial charge in [-0.15, -0.1) is 0 Å². The van der Waals surface area contributed by atoms with E-state index in [1.165, 1.54) is 12.1 Å². The van der Waals surface area contributed by atoms with Crippen LogP contribution < -0.4 is 5.32 Å². The van der Waals surface area contributed by atoms with Crippen molar-refractivity contribution in [3.8, 4) is 11.4 Å². The second kappa shape index (κ2) is 7.49. The van der Waals surface area contributed by atoms with Crippen LogP contribution in [0.5, 0.6) is 0 Å². The topological polar surface area (TPSA) is 37.8 Å². The molecule has 3 nitrogen and oxygen atoms in total. The highest BCUT2D eigenvalue weighted by Gasteiger charge is 2.15. The van der Waals surface area contributed by atoms with E-state index in [9.17, 15) is 4.39 Å². The van der Waals surface area contributed by atoms with Gasteiger partial charge >= 0.3 is 0 Å². The Balaban J connectivity index is 2.59. The van der Waals surface area contributed by atoms with Crippen LogP contribution in [-0.4, -0.2) is 16.5 Å². The monoisotopic (exact) mass is 463 g/mol. The van der Waals surface area contributed by atoms with Crippen molar-refractivity contribution in [2.45, 2.75) is 26.7 Å². The van der Waals surface area contributed by atoms with E-state index < -0.39 is 0 Å². The summed E-state index contributed by atoms with van der Waals surface area (Å²) >= 11 is 5.71. The molecular weight excluding hydrogens is 448 g/mol. The third-order valence-corrected chi connectivity index (χ3v) is 4.75. The zero-order valence-corrected chi connectivity index (χ0v) is 15.6. The first-order valence-electron chi connectivity index (χ1n) is 6.82. The number of aryl methyl sites for hydroxylation is 1. The number of anilines is 1. The van der Waals surface area contributed by atoms with Gasteiger partial charge < -0.3 is 5.32 Å². The number of benzene rings is 1. The molecule has 0 saturated heterocycles. The van der Waals surface area contributed by atoms with Gasteiger partial charge in [-0.05, 0) is 54.1 Å². The van der Waals surface area contributed by atoms with E-state index in [0.29, 0.717) is 11.4 Å². The fourth-order valence-electron chi connectivity index (χ4n) is 1.97. The highest BCUT2D eigenvalue weighted by atomic mass is 127. The molecule has 1 N–H and O–H groups in total. The number of nitrogens with one attached hydrogen (secondary N) is 1. The average Bonchev–Trinajstić information content (AvgIpc) is 2.46. The maximum absolute atomic E-state index is 13.5. The average molecular weight is 464 g/mol. The van der Waals surface area contributed by atoms with Crippen molar-refractivity contribution < 1.29 is 4.39 Å². The van der Waals surface area contributed by atoms with E-state index in [1.54, 1.807) is 6.07 Å². The van der Waals surface area contributed by atoms with Gasteiger partial charge in [0.15, 0.2) is 5.82 Å². The predicted octanol–water partition coefficient (Wildman–Crippen LogP) is 5.03. The minimum absolute atomic E-state index is 0.294. The third-order valence-electron chi connectivity index (χ3n) is 2.92. The predicted molar refractivity (Wildman–Crippen MR) is 96.0 cm³/mol. The van der Waals surface area contributed by atoms with Crippen LogP contribution in [0.3, 0.4) is 0 Å². The van der Waals surface area contributed by atoms with E-state index >= 15 is 0 Å². The smallest absolute Gasteiger partial charge is 0.163 e. The summed E-state index contributed by atoms with van der Waals surface area (Å²) in [5.74, 6) is 1.06. The third kappa shape index (κ3) is 3.91. The zero-order valence-electron chi connectivity index (χ0n) is 11.9. The van der Waals surface area contributed by atoms with Gasteiger partial charge in [0.2, 0.25) is 0 Å². The molecule has 0 unspecified atom stereocenters. The summed E-state index contributed by atoms with van der Waals surface area (Å²) in [5.41, 5.74) is 1.66. The summed E-state index contributed by atoms with van der Waals surface area (Å²) < 4.78 is 15.3. The second-order valence-electron chi connectivity index (χ2n) is 4.56. The molecule has 0 aliphatic rings. The molecule has 21 heavy (non-hydrogen) atoms. The fraction of sp³-hybridized carbons (Fsp3) is 0.333. The van der Waals surface area contributed by atoms with Gasteiger partial charge in [0.25, 0.3) is 0 Å². The maximum atomic E-state index is 13.5. The van der Waals surface area contributed by atoms with Crippen molar-refractivity contribution in [2.24, 2.45) is 0 Å². The SMILES string of the molecule is CCCc1nc(-c2cc(F)ccc2Br)nc(NCC)c1I. The van der Waals surface area contributed by atoms with Crippen LogP contribution >= 0.6 is 38.5 Å². The van der Waals surface area contributed by atoms with Crippen molar-refractivity contribution in [1.29, 1.82) is 0 Å². The molecule has 0 spiro atoms. The summed E-state index contributed by atoms with van der Waals surface area (Å²) in [6.45, 7) is 4.92. The summed E-state index contributed by atoms with van der Waals surface area (Å²) in [5, 5.41) is 3.25. The first-order chi connectivity index (χ1) is 10.1. The Hall–Kier alpha value is -0.760. The molecule has 0 atom stereocenters. The Morgan fingerprint density at radius 3 is 2.71 bits per heavy atom. The first-order valence-corrected chi connectivity index (χ1v) is 8.69. The van der Waals surface area contributed by atoms with E-state index in [0.717, 1.165) is 38.9 Å². The van der Waals surface area contributed by atoms with Crippen molar-refractivity contribution >= 4 is 44.3 Å². The van der Waals surface area contributed by atoms with Gasteiger partial charge in [-0.1, -0.05) is 29.3 Å². The molecule has 0 amide bonds. The Kier molecular flexibility index (Phi) is 5.92. The highest BCUT2D eigenvalue weighted by Crippen LogP contribution is 2.30. The van der Waals surface area contributed by atoms with Gasteiger partial charge in [-0.2, -0.15) is 0 Å². The standard InChI is InChI=1S/C15H16BrFIN3/c1-3-5-12-13(18)15(19-4-2)21-14(20-12)10-8-9(17)6-7-11(10)16/h6-8H,3-5H2,1-2H3,(H,19,20,21). The van der Waals surface area contributed by atoms with Crippen LogP contribution in [-0.2, 0) is 6.42 Å². The molecule has 2 aromatic rings. The van der Waals surface area contributed by atoms with Gasteiger partial charge in [0, 0.05) is 16.6 Å². The molecule has 1 aromatic carbocycles. The molecule has 6 heteroatoms. The van der Waals surface area contributed by atoms with Gasteiger partial charge in [-0.3, -0.25) is 0 Å². The summed E-state index contributed by atoms with van der Waals surface area (Å²) in [4.78, 5) is 9.17. The number of nitrogens with zero attached hydrogens (tertiary/aromatic N) is 2. The number of rotatable bonds is 5. The van der Waals surface area contributed by atoms with E-state index in [-0.39, 0.29) is 5.82 Å². The molecular formula is C15H16BrFIN3. The van der Waals surface area contributed by atoms with Crippen LogP contribution in [0, 0.1) is 9.39 Å². The zero-order chi connectivity index (χ0) is 15.4. The van der Waals surface area contributed by atoms with Crippen LogP contribution in [0.15, 0.2) is 22.7 Å². The first kappa shape index (κ1) is 16.6.